The standard InChI is InChI=1S/C21H23ClN4O/c1-16-3-2-4-20-23-19(13-21(27)26(16)20)15-25-11-9-24(10-12-25)14-17-5-7-18(22)8-6-17/h2-8,13H,9-12,14-15H2,1H3/p+2. The van der Waals surface area contributed by atoms with Crippen molar-refractivity contribution < 1.29 is 9.80 Å². The molecule has 0 aliphatic carbocycles. The Morgan fingerprint density at radius 2 is 1.67 bits per heavy atom. The third-order valence-electron chi connectivity index (χ3n) is 5.40. The van der Waals surface area contributed by atoms with Crippen molar-refractivity contribution in [1.29, 1.82) is 0 Å². The lowest BCUT2D eigenvalue weighted by molar-refractivity contribution is -1.02. The smallest absolute Gasteiger partial charge is 0.258 e. The van der Waals surface area contributed by atoms with E-state index in [1.807, 2.05) is 37.3 Å². The SMILES string of the molecule is Cc1cccc2nc(C[NH+]3CC[NH+](Cc4ccc(Cl)cc4)CC3)cc(=O)n12. The summed E-state index contributed by atoms with van der Waals surface area (Å²) in [7, 11) is 0. The van der Waals surface area contributed by atoms with Crippen LogP contribution in [0.3, 0.4) is 0 Å². The number of nitrogens with one attached hydrogen (secondary N) is 2. The Bertz CT molecular complexity index is 991. The van der Waals surface area contributed by atoms with Gasteiger partial charge in [-0.05, 0) is 31.2 Å². The third kappa shape index (κ3) is 4.21. The molecule has 1 fully saturated rings. The van der Waals surface area contributed by atoms with Gasteiger partial charge in [-0.2, -0.15) is 0 Å². The van der Waals surface area contributed by atoms with Gasteiger partial charge in [0.05, 0.1) is 0 Å². The van der Waals surface area contributed by atoms with Crippen LogP contribution in [-0.4, -0.2) is 35.6 Å². The predicted octanol–water partition coefficient (Wildman–Crippen LogP) is 0.140. The summed E-state index contributed by atoms with van der Waals surface area (Å²) in [6, 6.07) is 15.6. The van der Waals surface area contributed by atoms with Gasteiger partial charge in [0.1, 0.15) is 50.6 Å². The molecule has 0 unspecified atom stereocenters. The average molecular weight is 385 g/mol. The van der Waals surface area contributed by atoms with Gasteiger partial charge in [0, 0.05) is 22.3 Å². The zero-order valence-corrected chi connectivity index (χ0v) is 16.3. The number of aryl methyl sites for hydroxylation is 1. The van der Waals surface area contributed by atoms with Gasteiger partial charge in [-0.25, -0.2) is 4.98 Å². The summed E-state index contributed by atoms with van der Waals surface area (Å²) in [5.41, 5.74) is 3.89. The highest BCUT2D eigenvalue weighted by Gasteiger charge is 2.23. The van der Waals surface area contributed by atoms with Crippen LogP contribution in [0.5, 0.6) is 0 Å². The first-order chi connectivity index (χ1) is 13.1. The fourth-order valence-corrected chi connectivity index (χ4v) is 4.04. The average Bonchev–Trinajstić information content (AvgIpc) is 2.65. The Hall–Kier alpha value is -2.21. The Morgan fingerprint density at radius 1 is 1.00 bits per heavy atom. The van der Waals surface area contributed by atoms with E-state index in [0.717, 1.165) is 61.3 Å². The minimum atomic E-state index is 0.0134. The van der Waals surface area contributed by atoms with Crippen molar-refractivity contribution in [2.75, 3.05) is 26.2 Å². The normalized spacial score (nSPS) is 20.1. The second-order valence-corrected chi connectivity index (χ2v) is 7.86. The van der Waals surface area contributed by atoms with Crippen molar-refractivity contribution in [2.24, 2.45) is 0 Å². The minimum absolute atomic E-state index is 0.0134. The summed E-state index contributed by atoms with van der Waals surface area (Å²) in [6.45, 7) is 8.24. The molecule has 1 saturated heterocycles. The molecular formula is C21H25ClN4O+2. The molecule has 6 heteroatoms. The summed E-state index contributed by atoms with van der Waals surface area (Å²) < 4.78 is 1.67. The van der Waals surface area contributed by atoms with Crippen LogP contribution in [0.2, 0.25) is 5.02 Å². The molecule has 27 heavy (non-hydrogen) atoms. The highest BCUT2D eigenvalue weighted by Crippen LogP contribution is 2.08. The molecule has 5 nitrogen and oxygen atoms in total. The second kappa shape index (κ2) is 7.80. The maximum atomic E-state index is 12.4. The number of piperazine rings is 1. The summed E-state index contributed by atoms with van der Waals surface area (Å²) in [5, 5.41) is 0.789. The highest BCUT2D eigenvalue weighted by atomic mass is 35.5. The molecule has 0 saturated carbocycles. The Morgan fingerprint density at radius 3 is 2.37 bits per heavy atom. The summed E-state index contributed by atoms with van der Waals surface area (Å²) in [5.74, 6) is 0. The molecule has 3 aromatic rings. The second-order valence-electron chi connectivity index (χ2n) is 7.43. The summed E-state index contributed by atoms with van der Waals surface area (Å²) >= 11 is 5.97. The molecule has 140 valence electrons. The van der Waals surface area contributed by atoms with Crippen LogP contribution in [-0.2, 0) is 13.1 Å². The zero-order chi connectivity index (χ0) is 18.8. The highest BCUT2D eigenvalue weighted by molar-refractivity contribution is 6.30. The van der Waals surface area contributed by atoms with E-state index in [-0.39, 0.29) is 5.56 Å². The number of halogens is 1. The van der Waals surface area contributed by atoms with Crippen molar-refractivity contribution in [2.45, 2.75) is 20.0 Å². The number of hydrogen-bond acceptors (Lipinski definition) is 2. The first-order valence-corrected chi connectivity index (χ1v) is 9.86. The molecule has 1 aromatic carbocycles. The van der Waals surface area contributed by atoms with E-state index in [4.69, 9.17) is 16.6 Å². The van der Waals surface area contributed by atoms with Gasteiger partial charge in [-0.3, -0.25) is 9.20 Å². The monoisotopic (exact) mass is 384 g/mol. The van der Waals surface area contributed by atoms with E-state index in [2.05, 4.69) is 12.1 Å². The molecule has 0 bridgehead atoms. The number of nitrogens with zero attached hydrogens (tertiary/aromatic N) is 2. The van der Waals surface area contributed by atoms with E-state index in [1.54, 1.807) is 15.4 Å². The van der Waals surface area contributed by atoms with Gasteiger partial charge in [0.25, 0.3) is 5.56 Å². The van der Waals surface area contributed by atoms with E-state index in [1.165, 1.54) is 10.5 Å². The van der Waals surface area contributed by atoms with Gasteiger partial charge < -0.3 is 9.80 Å². The zero-order valence-electron chi connectivity index (χ0n) is 15.5. The number of pyridine rings is 1. The molecule has 1 aliphatic heterocycles. The fraction of sp³-hybridized carbons (Fsp3) is 0.333. The number of hydrogen-bond donors (Lipinski definition) is 2. The van der Waals surface area contributed by atoms with Crippen molar-refractivity contribution >= 4 is 17.2 Å². The number of rotatable bonds is 4. The molecule has 4 rings (SSSR count). The van der Waals surface area contributed by atoms with Gasteiger partial charge in [-0.15, -0.1) is 0 Å². The number of quaternary nitrogens is 2. The lowest BCUT2D eigenvalue weighted by Crippen LogP contribution is -3.27. The van der Waals surface area contributed by atoms with Crippen molar-refractivity contribution in [3.05, 3.63) is 80.9 Å². The molecule has 0 amide bonds. The first-order valence-electron chi connectivity index (χ1n) is 9.48. The Labute approximate surface area is 163 Å². The van der Waals surface area contributed by atoms with Crippen LogP contribution in [0.1, 0.15) is 17.0 Å². The van der Waals surface area contributed by atoms with E-state index in [9.17, 15) is 4.79 Å². The van der Waals surface area contributed by atoms with Crippen molar-refractivity contribution in [3.8, 4) is 0 Å². The molecule has 1 aliphatic rings. The van der Waals surface area contributed by atoms with Gasteiger partial charge >= 0.3 is 0 Å². The lowest BCUT2D eigenvalue weighted by Gasteiger charge is -2.29. The Balaban J connectivity index is 1.38. The van der Waals surface area contributed by atoms with Crippen molar-refractivity contribution in [1.82, 2.24) is 9.38 Å². The molecule has 2 N–H and O–H groups in total. The molecular weight excluding hydrogens is 360 g/mol. The maximum Gasteiger partial charge on any atom is 0.258 e. The van der Waals surface area contributed by atoms with Crippen LogP contribution >= 0.6 is 11.6 Å². The van der Waals surface area contributed by atoms with Crippen LogP contribution in [0.15, 0.2) is 53.3 Å². The fourth-order valence-electron chi connectivity index (χ4n) is 3.91. The number of aromatic nitrogens is 2. The van der Waals surface area contributed by atoms with Crippen molar-refractivity contribution in [3.63, 3.8) is 0 Å². The van der Waals surface area contributed by atoms with Crippen LogP contribution in [0.4, 0.5) is 0 Å². The van der Waals surface area contributed by atoms with Gasteiger partial charge in [0.2, 0.25) is 0 Å². The molecule has 3 heterocycles. The largest absolute Gasteiger partial charge is 0.322 e. The van der Waals surface area contributed by atoms with Crippen LogP contribution in [0, 0.1) is 6.92 Å². The topological polar surface area (TPSA) is 43.2 Å². The van der Waals surface area contributed by atoms with E-state index < -0.39 is 0 Å². The van der Waals surface area contributed by atoms with Crippen LogP contribution < -0.4 is 15.4 Å². The number of fused-ring (bicyclic) bond motifs is 1. The maximum absolute atomic E-state index is 12.4. The van der Waals surface area contributed by atoms with Crippen LogP contribution in [0.25, 0.3) is 5.65 Å². The molecule has 0 radical (unpaired) electrons. The molecule has 0 spiro atoms. The lowest BCUT2D eigenvalue weighted by atomic mass is 10.2. The Kier molecular flexibility index (Phi) is 5.25. The minimum Gasteiger partial charge on any atom is -0.322 e. The third-order valence-corrected chi connectivity index (χ3v) is 5.65. The first kappa shape index (κ1) is 18.2. The van der Waals surface area contributed by atoms with Gasteiger partial charge in [0.15, 0.2) is 0 Å². The van der Waals surface area contributed by atoms with E-state index in [0.29, 0.717) is 0 Å². The molecule has 2 aromatic heterocycles. The summed E-state index contributed by atoms with van der Waals surface area (Å²) in [4.78, 5) is 20.2. The quantitative estimate of drug-likeness (QED) is 0.672. The van der Waals surface area contributed by atoms with E-state index >= 15 is 0 Å². The van der Waals surface area contributed by atoms with Gasteiger partial charge in [-0.1, -0.05) is 29.8 Å². The summed E-state index contributed by atoms with van der Waals surface area (Å²) in [6.07, 6.45) is 0. The predicted molar refractivity (Wildman–Crippen MR) is 106 cm³/mol. The number of benzene rings is 1. The molecule has 0 atom stereocenters.